The van der Waals surface area contributed by atoms with Gasteiger partial charge in [0.1, 0.15) is 5.75 Å². The molecule has 2 rings (SSSR count). The van der Waals surface area contributed by atoms with Crippen molar-refractivity contribution in [3.63, 3.8) is 0 Å². The smallest absolute Gasteiger partial charge is 0.220 e. The molecule has 0 bridgehead atoms. The second-order valence-electron chi connectivity index (χ2n) is 5.34. The van der Waals surface area contributed by atoms with Crippen LogP contribution in [0.2, 0.25) is 0 Å². The molecule has 1 saturated carbocycles. The highest BCUT2D eigenvalue weighted by Gasteiger charge is 2.41. The van der Waals surface area contributed by atoms with E-state index in [-0.39, 0.29) is 17.9 Å². The Bertz CT molecular complexity index is 460. The fourth-order valence-electron chi connectivity index (χ4n) is 1.92. The number of aliphatic hydroxyl groups is 1. The van der Waals surface area contributed by atoms with Gasteiger partial charge in [0.15, 0.2) is 0 Å². The lowest BCUT2D eigenvalue weighted by Crippen LogP contribution is -2.31. The largest absolute Gasteiger partial charge is 0.494 e. The number of carbonyl (C=O) groups is 1. The molecule has 0 heterocycles. The Morgan fingerprint density at radius 2 is 2.25 bits per heavy atom. The Labute approximate surface area is 127 Å². The summed E-state index contributed by atoms with van der Waals surface area (Å²) in [5.41, 5.74) is -0.0253. The van der Waals surface area contributed by atoms with Gasteiger partial charge in [0, 0.05) is 22.9 Å². The Hall–Kier alpha value is -1.07. The summed E-state index contributed by atoms with van der Waals surface area (Å²) in [5.74, 6) is 0.833. The number of rotatable bonds is 8. The molecule has 1 amide bonds. The van der Waals surface area contributed by atoms with Crippen LogP contribution in [0.1, 0.15) is 25.7 Å². The minimum Gasteiger partial charge on any atom is -0.494 e. The third kappa shape index (κ3) is 4.80. The number of hydrogen-bond donors (Lipinski definition) is 2. The summed E-state index contributed by atoms with van der Waals surface area (Å²) >= 11 is 3.38. The van der Waals surface area contributed by atoms with E-state index in [0.29, 0.717) is 26.0 Å². The van der Waals surface area contributed by atoms with Crippen LogP contribution < -0.4 is 10.1 Å². The monoisotopic (exact) mass is 341 g/mol. The highest BCUT2D eigenvalue weighted by atomic mass is 79.9. The van der Waals surface area contributed by atoms with E-state index in [9.17, 15) is 4.79 Å². The molecule has 0 unspecified atom stereocenters. The molecule has 110 valence electrons. The summed E-state index contributed by atoms with van der Waals surface area (Å²) in [6, 6.07) is 7.65. The third-order valence-corrected chi connectivity index (χ3v) is 4.06. The van der Waals surface area contributed by atoms with Crippen molar-refractivity contribution in [3.8, 4) is 5.75 Å². The van der Waals surface area contributed by atoms with Crippen molar-refractivity contribution >= 4 is 21.8 Å². The summed E-state index contributed by atoms with van der Waals surface area (Å²) in [7, 11) is 0. The predicted molar refractivity (Wildman–Crippen MR) is 80.6 cm³/mol. The van der Waals surface area contributed by atoms with Gasteiger partial charge in [-0.25, -0.2) is 0 Å². The van der Waals surface area contributed by atoms with Crippen LogP contribution in [-0.4, -0.2) is 30.8 Å². The van der Waals surface area contributed by atoms with Gasteiger partial charge in [-0.2, -0.15) is 0 Å². The number of benzene rings is 1. The predicted octanol–water partition coefficient (Wildman–Crippen LogP) is 2.50. The van der Waals surface area contributed by atoms with E-state index in [1.807, 2.05) is 24.3 Å². The molecule has 5 heteroatoms. The normalized spacial score (nSPS) is 15.7. The maximum Gasteiger partial charge on any atom is 0.220 e. The maximum atomic E-state index is 11.6. The van der Waals surface area contributed by atoms with Crippen molar-refractivity contribution in [1.82, 2.24) is 5.32 Å². The molecule has 0 saturated heterocycles. The van der Waals surface area contributed by atoms with E-state index >= 15 is 0 Å². The molecule has 0 aromatic heterocycles. The first kappa shape index (κ1) is 15.3. The molecule has 0 spiro atoms. The minimum absolute atomic E-state index is 0.0253. The topological polar surface area (TPSA) is 58.6 Å². The molecule has 1 aromatic rings. The Morgan fingerprint density at radius 3 is 2.90 bits per heavy atom. The number of halogens is 1. The van der Waals surface area contributed by atoms with Gasteiger partial charge in [-0.15, -0.1) is 0 Å². The Balaban J connectivity index is 1.57. The molecule has 0 aliphatic heterocycles. The van der Waals surface area contributed by atoms with Crippen LogP contribution in [-0.2, 0) is 4.79 Å². The number of ether oxygens (including phenoxy) is 1. The molecule has 0 atom stereocenters. The van der Waals surface area contributed by atoms with Crippen LogP contribution in [0.5, 0.6) is 5.75 Å². The van der Waals surface area contributed by atoms with Gasteiger partial charge < -0.3 is 15.2 Å². The molecule has 0 radical (unpaired) electrons. The van der Waals surface area contributed by atoms with E-state index in [4.69, 9.17) is 9.84 Å². The first-order valence-electron chi connectivity index (χ1n) is 6.89. The molecule has 1 aromatic carbocycles. The van der Waals surface area contributed by atoms with Gasteiger partial charge in [-0.3, -0.25) is 4.79 Å². The van der Waals surface area contributed by atoms with E-state index in [1.165, 1.54) is 0 Å². The molecular formula is C15H20BrNO3. The molecule has 1 aliphatic carbocycles. The zero-order chi connectivity index (χ0) is 14.4. The zero-order valence-corrected chi connectivity index (χ0v) is 13.0. The van der Waals surface area contributed by atoms with Crippen LogP contribution in [0.15, 0.2) is 28.7 Å². The van der Waals surface area contributed by atoms with Crippen LogP contribution in [0, 0.1) is 5.41 Å². The van der Waals surface area contributed by atoms with Crippen LogP contribution in [0.4, 0.5) is 0 Å². The molecule has 20 heavy (non-hydrogen) atoms. The van der Waals surface area contributed by atoms with Crippen molar-refractivity contribution in [3.05, 3.63) is 28.7 Å². The first-order valence-corrected chi connectivity index (χ1v) is 7.69. The molecule has 2 N–H and O–H groups in total. The van der Waals surface area contributed by atoms with Gasteiger partial charge in [0.2, 0.25) is 5.91 Å². The van der Waals surface area contributed by atoms with Gasteiger partial charge in [-0.05, 0) is 37.5 Å². The van der Waals surface area contributed by atoms with E-state index in [2.05, 4.69) is 21.2 Å². The quantitative estimate of drug-likeness (QED) is 0.714. The molecule has 4 nitrogen and oxygen atoms in total. The number of carbonyl (C=O) groups excluding carboxylic acids is 1. The maximum absolute atomic E-state index is 11.6. The lowest BCUT2D eigenvalue weighted by molar-refractivity contribution is -0.121. The highest BCUT2D eigenvalue weighted by molar-refractivity contribution is 9.10. The number of amides is 1. The van der Waals surface area contributed by atoms with Crippen LogP contribution in [0.3, 0.4) is 0 Å². The molecule has 1 fully saturated rings. The fourth-order valence-corrected chi connectivity index (χ4v) is 2.30. The van der Waals surface area contributed by atoms with E-state index in [1.54, 1.807) is 0 Å². The van der Waals surface area contributed by atoms with E-state index in [0.717, 1.165) is 23.1 Å². The molecular weight excluding hydrogens is 322 g/mol. The molecule has 1 aliphatic rings. The lowest BCUT2D eigenvalue weighted by atomic mass is 10.1. The first-order chi connectivity index (χ1) is 9.63. The SMILES string of the molecule is O=C(CCCOc1cccc(Br)c1)NCC1(CO)CC1. The summed E-state index contributed by atoms with van der Waals surface area (Å²) in [6.07, 6.45) is 3.16. The average molecular weight is 342 g/mol. The van der Waals surface area contributed by atoms with Crippen molar-refractivity contribution in [2.24, 2.45) is 5.41 Å². The number of aliphatic hydroxyl groups excluding tert-OH is 1. The zero-order valence-electron chi connectivity index (χ0n) is 11.4. The van der Waals surface area contributed by atoms with Gasteiger partial charge in [0.05, 0.1) is 13.2 Å². The summed E-state index contributed by atoms with van der Waals surface area (Å²) in [5, 5.41) is 12.0. The van der Waals surface area contributed by atoms with Crippen molar-refractivity contribution in [2.75, 3.05) is 19.8 Å². The summed E-state index contributed by atoms with van der Waals surface area (Å²) in [4.78, 5) is 11.6. The van der Waals surface area contributed by atoms with Crippen molar-refractivity contribution in [2.45, 2.75) is 25.7 Å². The van der Waals surface area contributed by atoms with Gasteiger partial charge >= 0.3 is 0 Å². The van der Waals surface area contributed by atoms with Crippen molar-refractivity contribution in [1.29, 1.82) is 0 Å². The number of nitrogens with one attached hydrogen (secondary N) is 1. The van der Waals surface area contributed by atoms with Crippen LogP contribution >= 0.6 is 15.9 Å². The summed E-state index contributed by atoms with van der Waals surface area (Å²) in [6.45, 7) is 1.28. The average Bonchev–Trinajstić information content (AvgIpc) is 3.22. The second-order valence-corrected chi connectivity index (χ2v) is 6.26. The van der Waals surface area contributed by atoms with Gasteiger partial charge in [0.25, 0.3) is 0 Å². The third-order valence-electron chi connectivity index (χ3n) is 3.57. The summed E-state index contributed by atoms with van der Waals surface area (Å²) < 4.78 is 6.54. The highest BCUT2D eigenvalue weighted by Crippen LogP contribution is 2.44. The lowest BCUT2D eigenvalue weighted by Gasteiger charge is -2.12. The number of hydrogen-bond acceptors (Lipinski definition) is 3. The van der Waals surface area contributed by atoms with Gasteiger partial charge in [-0.1, -0.05) is 22.0 Å². The van der Waals surface area contributed by atoms with E-state index < -0.39 is 0 Å². The van der Waals surface area contributed by atoms with Crippen molar-refractivity contribution < 1.29 is 14.6 Å². The van der Waals surface area contributed by atoms with Crippen LogP contribution in [0.25, 0.3) is 0 Å². The minimum atomic E-state index is -0.0253. The Kier molecular flexibility index (Phi) is 5.43. The fraction of sp³-hybridized carbons (Fsp3) is 0.533. The second kappa shape index (κ2) is 7.09. The Morgan fingerprint density at radius 1 is 1.45 bits per heavy atom. The standard InChI is InChI=1S/C15H20BrNO3/c16-12-3-1-4-13(9-12)20-8-2-5-14(19)17-10-15(11-18)6-7-15/h1,3-4,9,18H,2,5-8,10-11H2,(H,17,19).